The molecule has 1 aliphatic heterocycles. The Kier molecular flexibility index (Phi) is 2.95. The third-order valence-electron chi connectivity index (χ3n) is 2.99. The van der Waals surface area contributed by atoms with Gasteiger partial charge in [0.1, 0.15) is 0 Å². The van der Waals surface area contributed by atoms with Crippen LogP contribution in [0, 0.1) is 11.3 Å². The van der Waals surface area contributed by atoms with Gasteiger partial charge in [0.2, 0.25) is 0 Å². The van der Waals surface area contributed by atoms with Crippen LogP contribution >= 0.6 is 12.4 Å². The topological polar surface area (TPSA) is 46.2 Å². The van der Waals surface area contributed by atoms with Gasteiger partial charge in [-0.3, -0.25) is 0 Å². The molecule has 13 heavy (non-hydrogen) atoms. The Labute approximate surface area is 85.6 Å². The molecule has 1 heterocycles. The summed E-state index contributed by atoms with van der Waals surface area (Å²) in [5, 5.41) is 3.13. The fourth-order valence-electron chi connectivity index (χ4n) is 2.72. The SMILES string of the molecule is CNCC1CC2(C1)CS(=O)(=O)C2.Cl. The van der Waals surface area contributed by atoms with Gasteiger partial charge in [-0.15, -0.1) is 12.4 Å². The summed E-state index contributed by atoms with van der Waals surface area (Å²) < 4.78 is 21.9. The van der Waals surface area contributed by atoms with Gasteiger partial charge < -0.3 is 5.32 Å². The Balaban J connectivity index is 0.000000845. The van der Waals surface area contributed by atoms with Crippen LogP contribution in [-0.4, -0.2) is 33.5 Å². The fourth-order valence-corrected chi connectivity index (χ4v) is 4.98. The number of sulfone groups is 1. The van der Waals surface area contributed by atoms with Crippen molar-refractivity contribution in [3.8, 4) is 0 Å². The zero-order valence-electron chi connectivity index (χ0n) is 7.75. The first kappa shape index (κ1) is 11.3. The van der Waals surface area contributed by atoms with Crippen molar-refractivity contribution in [3.05, 3.63) is 0 Å². The first-order valence-electron chi connectivity index (χ1n) is 4.40. The smallest absolute Gasteiger partial charge is 0.151 e. The molecule has 2 aliphatic rings. The molecule has 1 N–H and O–H groups in total. The summed E-state index contributed by atoms with van der Waals surface area (Å²) in [5.41, 5.74) is 0.223. The zero-order valence-corrected chi connectivity index (χ0v) is 9.38. The van der Waals surface area contributed by atoms with E-state index >= 15 is 0 Å². The number of halogens is 1. The average molecular weight is 226 g/mol. The number of hydrogen-bond donors (Lipinski definition) is 1. The zero-order chi connectivity index (χ0) is 8.82. The quantitative estimate of drug-likeness (QED) is 0.743. The summed E-state index contributed by atoms with van der Waals surface area (Å²) >= 11 is 0. The molecule has 0 aromatic carbocycles. The third kappa shape index (κ3) is 2.00. The van der Waals surface area contributed by atoms with Crippen molar-refractivity contribution in [1.29, 1.82) is 0 Å². The minimum atomic E-state index is -2.61. The Morgan fingerprint density at radius 1 is 1.38 bits per heavy atom. The monoisotopic (exact) mass is 225 g/mol. The normalized spacial score (nSPS) is 28.7. The van der Waals surface area contributed by atoms with E-state index in [0.29, 0.717) is 11.5 Å². The van der Waals surface area contributed by atoms with Gasteiger partial charge >= 0.3 is 0 Å². The maximum Gasteiger partial charge on any atom is 0.151 e. The molecular weight excluding hydrogens is 210 g/mol. The lowest BCUT2D eigenvalue weighted by molar-refractivity contribution is 0.0878. The van der Waals surface area contributed by atoms with Crippen molar-refractivity contribution in [2.45, 2.75) is 12.8 Å². The van der Waals surface area contributed by atoms with Gasteiger partial charge in [-0.05, 0) is 37.8 Å². The summed E-state index contributed by atoms with van der Waals surface area (Å²) in [4.78, 5) is 0. The number of hydrogen-bond acceptors (Lipinski definition) is 3. The van der Waals surface area contributed by atoms with Gasteiger partial charge in [0.05, 0.1) is 11.5 Å². The van der Waals surface area contributed by atoms with Crippen LogP contribution in [0.5, 0.6) is 0 Å². The molecule has 5 heteroatoms. The Hall–Kier alpha value is 0.200. The predicted octanol–water partition coefficient (Wildman–Crippen LogP) is 0.452. The highest BCUT2D eigenvalue weighted by Crippen LogP contribution is 2.52. The Morgan fingerprint density at radius 3 is 2.31 bits per heavy atom. The van der Waals surface area contributed by atoms with Crippen LogP contribution in [0.25, 0.3) is 0 Å². The molecule has 2 rings (SSSR count). The van der Waals surface area contributed by atoms with Crippen LogP contribution in [0.3, 0.4) is 0 Å². The lowest BCUT2D eigenvalue weighted by Crippen LogP contribution is -2.57. The van der Waals surface area contributed by atoms with E-state index in [2.05, 4.69) is 5.32 Å². The van der Waals surface area contributed by atoms with Crippen LogP contribution in [0.4, 0.5) is 0 Å². The number of rotatable bonds is 2. The molecule has 0 atom stereocenters. The van der Waals surface area contributed by atoms with E-state index in [0.717, 1.165) is 25.3 Å². The summed E-state index contributed by atoms with van der Waals surface area (Å²) in [5.74, 6) is 1.64. The second-order valence-corrected chi connectivity index (χ2v) is 6.43. The first-order chi connectivity index (χ1) is 5.55. The lowest BCUT2D eigenvalue weighted by atomic mass is 9.63. The fraction of sp³-hybridized carbons (Fsp3) is 1.00. The summed E-state index contributed by atoms with van der Waals surface area (Å²) in [6.45, 7) is 1.04. The molecule has 0 aromatic rings. The predicted molar refractivity (Wildman–Crippen MR) is 55.0 cm³/mol. The average Bonchev–Trinajstić information content (AvgIpc) is 1.80. The van der Waals surface area contributed by atoms with E-state index in [9.17, 15) is 8.42 Å². The van der Waals surface area contributed by atoms with Crippen molar-refractivity contribution in [2.75, 3.05) is 25.1 Å². The van der Waals surface area contributed by atoms with Crippen molar-refractivity contribution in [3.63, 3.8) is 0 Å². The lowest BCUT2D eigenvalue weighted by Gasteiger charge is -2.53. The van der Waals surface area contributed by atoms with E-state index in [1.165, 1.54) is 0 Å². The van der Waals surface area contributed by atoms with Gasteiger partial charge in [-0.25, -0.2) is 8.42 Å². The third-order valence-corrected chi connectivity index (χ3v) is 5.09. The molecule has 1 saturated heterocycles. The van der Waals surface area contributed by atoms with Crippen molar-refractivity contribution in [1.82, 2.24) is 5.32 Å². The molecule has 2 fully saturated rings. The second kappa shape index (κ2) is 3.41. The summed E-state index contributed by atoms with van der Waals surface area (Å²) in [6, 6.07) is 0. The summed E-state index contributed by atoms with van der Waals surface area (Å²) in [7, 11) is -0.662. The van der Waals surface area contributed by atoms with E-state index in [1.807, 2.05) is 7.05 Å². The highest BCUT2D eigenvalue weighted by atomic mass is 35.5. The van der Waals surface area contributed by atoms with E-state index in [1.54, 1.807) is 0 Å². The summed E-state index contributed by atoms with van der Waals surface area (Å²) in [6.07, 6.45) is 2.24. The standard InChI is InChI=1S/C8H15NO2S.ClH/c1-9-4-7-2-8(3-7)5-12(10,11)6-8;/h7,9H,2-6H2,1H3;1H. The maximum atomic E-state index is 10.9. The van der Waals surface area contributed by atoms with E-state index < -0.39 is 9.84 Å². The molecule has 0 aromatic heterocycles. The first-order valence-corrected chi connectivity index (χ1v) is 6.22. The van der Waals surface area contributed by atoms with Gasteiger partial charge in [-0.1, -0.05) is 0 Å². The van der Waals surface area contributed by atoms with E-state index in [4.69, 9.17) is 0 Å². The molecule has 0 unspecified atom stereocenters. The van der Waals surface area contributed by atoms with Gasteiger partial charge in [0.25, 0.3) is 0 Å². The Morgan fingerprint density at radius 2 is 1.92 bits per heavy atom. The van der Waals surface area contributed by atoms with Crippen LogP contribution in [0.15, 0.2) is 0 Å². The van der Waals surface area contributed by atoms with Crippen LogP contribution in [0.1, 0.15) is 12.8 Å². The van der Waals surface area contributed by atoms with Crippen molar-refractivity contribution >= 4 is 22.2 Å². The maximum absolute atomic E-state index is 10.9. The molecule has 0 bridgehead atoms. The molecule has 3 nitrogen and oxygen atoms in total. The molecule has 78 valence electrons. The van der Waals surface area contributed by atoms with Crippen LogP contribution < -0.4 is 5.32 Å². The highest BCUT2D eigenvalue weighted by molar-refractivity contribution is 7.92. The van der Waals surface area contributed by atoms with Gasteiger partial charge in [-0.2, -0.15) is 0 Å². The van der Waals surface area contributed by atoms with Gasteiger partial charge in [0, 0.05) is 0 Å². The largest absolute Gasteiger partial charge is 0.319 e. The second-order valence-electron chi connectivity index (χ2n) is 4.36. The van der Waals surface area contributed by atoms with E-state index in [-0.39, 0.29) is 17.8 Å². The van der Waals surface area contributed by atoms with Crippen LogP contribution in [-0.2, 0) is 9.84 Å². The minimum absolute atomic E-state index is 0. The number of nitrogens with one attached hydrogen (secondary N) is 1. The molecule has 1 spiro atoms. The minimum Gasteiger partial charge on any atom is -0.319 e. The molecule has 1 aliphatic carbocycles. The molecular formula is C8H16ClNO2S. The molecule has 0 amide bonds. The van der Waals surface area contributed by atoms with Crippen molar-refractivity contribution < 1.29 is 8.42 Å². The molecule has 1 saturated carbocycles. The molecule has 0 radical (unpaired) electrons. The Bertz CT molecular complexity index is 269. The highest BCUT2D eigenvalue weighted by Gasteiger charge is 2.55. The van der Waals surface area contributed by atoms with Gasteiger partial charge in [0.15, 0.2) is 9.84 Å². The van der Waals surface area contributed by atoms with Crippen molar-refractivity contribution in [2.24, 2.45) is 11.3 Å². The van der Waals surface area contributed by atoms with Crippen LogP contribution in [0.2, 0.25) is 0 Å².